The van der Waals surface area contributed by atoms with Crippen LogP contribution >= 0.6 is 0 Å². The SMILES string of the molecule is O=C(/C=C/c1cccnc1)N1CCN(C(=O)CCC2CCCC2)CC1. The highest BCUT2D eigenvalue weighted by molar-refractivity contribution is 5.92. The molecular formula is C20H27N3O2. The maximum atomic E-state index is 12.3. The van der Waals surface area contributed by atoms with Crippen molar-refractivity contribution in [2.24, 2.45) is 5.92 Å². The molecule has 1 saturated carbocycles. The smallest absolute Gasteiger partial charge is 0.246 e. The van der Waals surface area contributed by atoms with Crippen molar-refractivity contribution in [3.05, 3.63) is 36.2 Å². The molecule has 2 amide bonds. The predicted octanol–water partition coefficient (Wildman–Crippen LogP) is 2.74. The number of hydrogen-bond donors (Lipinski definition) is 0. The van der Waals surface area contributed by atoms with Crippen LogP contribution in [0.2, 0.25) is 0 Å². The van der Waals surface area contributed by atoms with E-state index in [9.17, 15) is 9.59 Å². The summed E-state index contributed by atoms with van der Waals surface area (Å²) in [5.41, 5.74) is 0.913. The Morgan fingerprint density at radius 2 is 1.84 bits per heavy atom. The van der Waals surface area contributed by atoms with Crippen LogP contribution in [-0.4, -0.2) is 52.8 Å². The monoisotopic (exact) mass is 341 g/mol. The Balaban J connectivity index is 1.40. The molecule has 2 fully saturated rings. The van der Waals surface area contributed by atoms with E-state index in [-0.39, 0.29) is 11.8 Å². The summed E-state index contributed by atoms with van der Waals surface area (Å²) in [4.78, 5) is 32.4. The minimum absolute atomic E-state index is 0.00177. The van der Waals surface area contributed by atoms with Crippen LogP contribution in [0.25, 0.3) is 6.08 Å². The van der Waals surface area contributed by atoms with Crippen molar-refractivity contribution < 1.29 is 9.59 Å². The van der Waals surface area contributed by atoms with Gasteiger partial charge in [0.2, 0.25) is 11.8 Å². The molecule has 1 saturated heterocycles. The van der Waals surface area contributed by atoms with Gasteiger partial charge in [0, 0.05) is 51.1 Å². The molecule has 1 aromatic rings. The van der Waals surface area contributed by atoms with E-state index in [0.29, 0.717) is 32.6 Å². The van der Waals surface area contributed by atoms with Crippen molar-refractivity contribution in [2.45, 2.75) is 38.5 Å². The van der Waals surface area contributed by atoms with Crippen LogP contribution in [0.3, 0.4) is 0 Å². The first-order valence-electron chi connectivity index (χ1n) is 9.37. The summed E-state index contributed by atoms with van der Waals surface area (Å²) in [6.07, 6.45) is 13.7. The fraction of sp³-hybridized carbons (Fsp3) is 0.550. The standard InChI is InChI=1S/C20H27N3O2/c24-19(9-7-17-4-1-2-5-17)22-12-14-23(15-13-22)20(25)10-8-18-6-3-11-21-16-18/h3,6,8,10-11,16-17H,1-2,4-5,7,9,12-15H2/b10-8+. The number of carbonyl (C=O) groups excluding carboxylic acids is 2. The highest BCUT2D eigenvalue weighted by Gasteiger charge is 2.24. The first-order valence-corrected chi connectivity index (χ1v) is 9.37. The van der Waals surface area contributed by atoms with Gasteiger partial charge in [0.15, 0.2) is 0 Å². The lowest BCUT2D eigenvalue weighted by Crippen LogP contribution is -2.50. The van der Waals surface area contributed by atoms with Crippen molar-refractivity contribution in [3.63, 3.8) is 0 Å². The van der Waals surface area contributed by atoms with E-state index in [1.165, 1.54) is 25.7 Å². The van der Waals surface area contributed by atoms with Gasteiger partial charge in [0.1, 0.15) is 0 Å². The Labute approximate surface area is 149 Å². The van der Waals surface area contributed by atoms with Crippen molar-refractivity contribution >= 4 is 17.9 Å². The van der Waals surface area contributed by atoms with Gasteiger partial charge < -0.3 is 9.80 Å². The maximum Gasteiger partial charge on any atom is 0.246 e. The van der Waals surface area contributed by atoms with Crippen LogP contribution in [0, 0.1) is 5.92 Å². The number of nitrogens with zero attached hydrogens (tertiary/aromatic N) is 3. The Hall–Kier alpha value is -2.17. The second-order valence-corrected chi connectivity index (χ2v) is 7.01. The van der Waals surface area contributed by atoms with E-state index >= 15 is 0 Å². The van der Waals surface area contributed by atoms with Gasteiger partial charge in [-0.1, -0.05) is 31.7 Å². The molecule has 0 atom stereocenters. The molecule has 3 rings (SSSR count). The highest BCUT2D eigenvalue weighted by atomic mass is 16.2. The zero-order valence-electron chi connectivity index (χ0n) is 14.8. The minimum atomic E-state index is 0.00177. The van der Waals surface area contributed by atoms with Gasteiger partial charge in [0.25, 0.3) is 0 Å². The Kier molecular flexibility index (Phi) is 6.20. The van der Waals surface area contributed by atoms with E-state index in [1.54, 1.807) is 24.5 Å². The molecule has 2 aliphatic rings. The van der Waals surface area contributed by atoms with E-state index in [0.717, 1.165) is 17.9 Å². The Morgan fingerprint density at radius 3 is 2.52 bits per heavy atom. The zero-order valence-corrected chi connectivity index (χ0v) is 14.8. The molecule has 1 aromatic heterocycles. The third kappa shape index (κ3) is 5.15. The van der Waals surface area contributed by atoms with Gasteiger partial charge in [-0.15, -0.1) is 0 Å². The van der Waals surface area contributed by atoms with Gasteiger partial charge >= 0.3 is 0 Å². The topological polar surface area (TPSA) is 53.5 Å². The molecule has 25 heavy (non-hydrogen) atoms. The van der Waals surface area contributed by atoms with Crippen molar-refractivity contribution in [1.82, 2.24) is 14.8 Å². The molecule has 2 heterocycles. The number of amides is 2. The number of pyridine rings is 1. The molecule has 5 heteroatoms. The van der Waals surface area contributed by atoms with Crippen molar-refractivity contribution in [3.8, 4) is 0 Å². The summed E-state index contributed by atoms with van der Waals surface area (Å²) in [6, 6.07) is 3.76. The van der Waals surface area contributed by atoms with Gasteiger partial charge in [-0.05, 0) is 30.0 Å². The van der Waals surface area contributed by atoms with Gasteiger partial charge in [-0.2, -0.15) is 0 Å². The van der Waals surface area contributed by atoms with Crippen molar-refractivity contribution in [2.75, 3.05) is 26.2 Å². The van der Waals surface area contributed by atoms with E-state index in [1.807, 2.05) is 21.9 Å². The van der Waals surface area contributed by atoms with Crippen LogP contribution in [0.5, 0.6) is 0 Å². The van der Waals surface area contributed by atoms with E-state index in [4.69, 9.17) is 0 Å². The third-order valence-corrected chi connectivity index (χ3v) is 5.29. The van der Waals surface area contributed by atoms with Crippen LogP contribution in [0.4, 0.5) is 0 Å². The van der Waals surface area contributed by atoms with Crippen molar-refractivity contribution in [1.29, 1.82) is 0 Å². The summed E-state index contributed by atoms with van der Waals surface area (Å²) in [6.45, 7) is 2.53. The number of piperazine rings is 1. The summed E-state index contributed by atoms with van der Waals surface area (Å²) in [5, 5.41) is 0. The van der Waals surface area contributed by atoms with Crippen LogP contribution in [0.15, 0.2) is 30.6 Å². The fourth-order valence-electron chi connectivity index (χ4n) is 3.71. The summed E-state index contributed by atoms with van der Waals surface area (Å²) < 4.78 is 0. The maximum absolute atomic E-state index is 12.3. The summed E-state index contributed by atoms with van der Waals surface area (Å²) in [5.74, 6) is 1.01. The molecule has 1 aliphatic carbocycles. The molecule has 134 valence electrons. The second-order valence-electron chi connectivity index (χ2n) is 7.01. The van der Waals surface area contributed by atoms with E-state index < -0.39 is 0 Å². The second kappa shape index (κ2) is 8.79. The molecular weight excluding hydrogens is 314 g/mol. The van der Waals surface area contributed by atoms with Crippen LogP contribution in [-0.2, 0) is 9.59 Å². The molecule has 0 spiro atoms. The lowest BCUT2D eigenvalue weighted by atomic mass is 10.0. The minimum Gasteiger partial charge on any atom is -0.339 e. The molecule has 0 radical (unpaired) electrons. The fourth-order valence-corrected chi connectivity index (χ4v) is 3.71. The number of hydrogen-bond acceptors (Lipinski definition) is 3. The predicted molar refractivity (Wildman–Crippen MR) is 97.6 cm³/mol. The lowest BCUT2D eigenvalue weighted by Gasteiger charge is -2.34. The van der Waals surface area contributed by atoms with Crippen LogP contribution < -0.4 is 0 Å². The average Bonchev–Trinajstić information content (AvgIpc) is 3.19. The van der Waals surface area contributed by atoms with Crippen LogP contribution in [0.1, 0.15) is 44.1 Å². The molecule has 1 aliphatic heterocycles. The molecule has 0 bridgehead atoms. The number of carbonyl (C=O) groups is 2. The highest BCUT2D eigenvalue weighted by Crippen LogP contribution is 2.28. The van der Waals surface area contributed by atoms with Gasteiger partial charge in [0.05, 0.1) is 0 Å². The molecule has 0 N–H and O–H groups in total. The summed E-state index contributed by atoms with van der Waals surface area (Å²) >= 11 is 0. The molecule has 0 unspecified atom stereocenters. The summed E-state index contributed by atoms with van der Waals surface area (Å²) in [7, 11) is 0. The first-order chi connectivity index (χ1) is 12.2. The zero-order chi connectivity index (χ0) is 17.5. The average molecular weight is 341 g/mol. The third-order valence-electron chi connectivity index (χ3n) is 5.29. The molecule has 5 nitrogen and oxygen atoms in total. The quantitative estimate of drug-likeness (QED) is 0.774. The lowest BCUT2D eigenvalue weighted by molar-refractivity contribution is -0.137. The Morgan fingerprint density at radius 1 is 1.12 bits per heavy atom. The molecule has 0 aromatic carbocycles. The first kappa shape index (κ1) is 17.6. The van der Waals surface area contributed by atoms with Gasteiger partial charge in [-0.3, -0.25) is 14.6 Å². The normalized spacial score (nSPS) is 18.9. The number of rotatable bonds is 5. The number of aromatic nitrogens is 1. The van der Waals surface area contributed by atoms with E-state index in [2.05, 4.69) is 4.98 Å². The van der Waals surface area contributed by atoms with Gasteiger partial charge in [-0.25, -0.2) is 0 Å². The Bertz CT molecular complexity index is 601. The largest absolute Gasteiger partial charge is 0.339 e.